The average molecular weight is 870 g/mol. The molecule has 2 aromatic heterocycles. The van der Waals surface area contributed by atoms with Crippen LogP contribution in [0.3, 0.4) is 0 Å². The number of rotatable bonds is 13. The quantitative estimate of drug-likeness (QED) is 0.0778. The summed E-state index contributed by atoms with van der Waals surface area (Å²) in [4.78, 5) is 36.9. The van der Waals surface area contributed by atoms with Gasteiger partial charge in [0.1, 0.15) is 22.8 Å². The molecule has 1 amide bonds. The smallest absolute Gasteiger partial charge is 0.293 e. The zero-order valence-corrected chi connectivity index (χ0v) is 35.6. The number of amides is 1. The summed E-state index contributed by atoms with van der Waals surface area (Å²) in [6.07, 6.45) is 5.70. The summed E-state index contributed by atoms with van der Waals surface area (Å²) in [7, 11) is -4.56. The van der Waals surface area contributed by atoms with Crippen molar-refractivity contribution in [3.63, 3.8) is 0 Å². The number of carbonyl (C=O) groups is 1. The van der Waals surface area contributed by atoms with Crippen LogP contribution in [0.1, 0.15) is 49.0 Å². The lowest BCUT2D eigenvalue weighted by molar-refractivity contribution is -0.384. The molecule has 3 aliphatic rings. The van der Waals surface area contributed by atoms with Gasteiger partial charge >= 0.3 is 0 Å². The molecule has 61 heavy (non-hydrogen) atoms. The molecule has 2 saturated heterocycles. The van der Waals surface area contributed by atoms with E-state index in [2.05, 4.69) is 55.8 Å². The number of ether oxygens (including phenoxy) is 3. The minimum absolute atomic E-state index is 0.0498. The number of nitrogens with zero attached hydrogens (tertiary/aromatic N) is 4. The van der Waals surface area contributed by atoms with Crippen molar-refractivity contribution < 1.29 is 32.3 Å². The molecule has 0 radical (unpaired) electrons. The fourth-order valence-electron chi connectivity index (χ4n) is 8.01. The molecule has 15 nitrogen and oxygen atoms in total. The molecule has 8 rings (SSSR count). The van der Waals surface area contributed by atoms with Crippen molar-refractivity contribution in [3.05, 3.63) is 117 Å². The number of fused-ring (bicyclic) bond motifs is 1. The highest BCUT2D eigenvalue weighted by atomic mass is 35.5. The number of nitro benzene ring substituents is 1. The number of H-pyrrole nitrogens is 1. The maximum atomic E-state index is 13.9. The van der Waals surface area contributed by atoms with E-state index >= 15 is 0 Å². The number of benzene rings is 3. The second kappa shape index (κ2) is 17.8. The SMILES string of the molecule is CC1(C)CC(c2ccc(Cl)cc2)=C(CN2CCN(c3ccc(C(=O)NS(=O)(=O)c4ccc(NCC5CCOCC5)c([N+](=O)[O-])c4)c(Oc4cnc5[nH]ccc5c4)c3)CC2)CO1. The van der Waals surface area contributed by atoms with E-state index in [1.54, 1.807) is 24.4 Å². The third-order valence-electron chi connectivity index (χ3n) is 11.4. The van der Waals surface area contributed by atoms with Gasteiger partial charge in [-0.2, -0.15) is 0 Å². The predicted octanol–water partition coefficient (Wildman–Crippen LogP) is 7.65. The van der Waals surface area contributed by atoms with E-state index in [1.165, 1.54) is 35.5 Å². The maximum absolute atomic E-state index is 13.9. The Morgan fingerprint density at radius 3 is 2.56 bits per heavy atom. The summed E-state index contributed by atoms with van der Waals surface area (Å²) in [5, 5.41) is 16.6. The molecular weight excluding hydrogens is 822 g/mol. The molecule has 0 aliphatic carbocycles. The van der Waals surface area contributed by atoms with Gasteiger partial charge in [0.2, 0.25) is 0 Å². The maximum Gasteiger partial charge on any atom is 0.293 e. The molecular formula is C44H48ClN7O8S. The lowest BCUT2D eigenvalue weighted by atomic mass is 9.87. The number of anilines is 2. The molecule has 17 heteroatoms. The number of nitrogens with one attached hydrogen (secondary N) is 3. The van der Waals surface area contributed by atoms with Crippen LogP contribution in [0.15, 0.2) is 95.7 Å². The number of nitro groups is 1. The van der Waals surface area contributed by atoms with Crippen molar-refractivity contribution >= 4 is 61.2 Å². The number of piperazine rings is 1. The van der Waals surface area contributed by atoms with Crippen LogP contribution in [-0.4, -0.2) is 98.8 Å². The number of carbonyl (C=O) groups excluding carboxylic acids is 1. The van der Waals surface area contributed by atoms with Crippen LogP contribution < -0.4 is 19.7 Å². The molecule has 3 aromatic carbocycles. The lowest BCUT2D eigenvalue weighted by Crippen LogP contribution is -2.47. The number of aromatic nitrogens is 2. The molecule has 0 saturated carbocycles. The molecule has 0 bridgehead atoms. The van der Waals surface area contributed by atoms with E-state index in [0.717, 1.165) is 61.6 Å². The summed E-state index contributed by atoms with van der Waals surface area (Å²) in [6, 6.07) is 20.1. The van der Waals surface area contributed by atoms with Gasteiger partial charge in [-0.05, 0) is 97.8 Å². The van der Waals surface area contributed by atoms with E-state index in [4.69, 9.17) is 25.8 Å². The zero-order valence-electron chi connectivity index (χ0n) is 34.0. The molecule has 5 heterocycles. The highest BCUT2D eigenvalue weighted by Crippen LogP contribution is 2.37. The van der Waals surface area contributed by atoms with Gasteiger partial charge in [0, 0.05) is 93.3 Å². The van der Waals surface area contributed by atoms with E-state index < -0.39 is 31.4 Å². The zero-order chi connectivity index (χ0) is 42.7. The Kier molecular flexibility index (Phi) is 12.3. The Balaban J connectivity index is 1.00. The summed E-state index contributed by atoms with van der Waals surface area (Å²) in [6.45, 7) is 10.2. The first-order chi connectivity index (χ1) is 29.3. The first-order valence-corrected chi connectivity index (χ1v) is 22.2. The fourth-order valence-corrected chi connectivity index (χ4v) is 9.12. The number of hydrogen-bond donors (Lipinski definition) is 3. The molecule has 0 unspecified atom stereocenters. The molecule has 320 valence electrons. The van der Waals surface area contributed by atoms with Crippen LogP contribution in [0.4, 0.5) is 17.1 Å². The highest BCUT2D eigenvalue weighted by Gasteiger charge is 2.31. The molecule has 3 aliphatic heterocycles. The number of halogens is 1. The van der Waals surface area contributed by atoms with E-state index in [1.807, 2.05) is 18.2 Å². The Labute approximate surface area is 359 Å². The van der Waals surface area contributed by atoms with Crippen LogP contribution >= 0.6 is 11.6 Å². The molecule has 2 fully saturated rings. The van der Waals surface area contributed by atoms with Crippen molar-refractivity contribution in [1.82, 2.24) is 19.6 Å². The Hall–Kier alpha value is -5.52. The van der Waals surface area contributed by atoms with Gasteiger partial charge in [-0.15, -0.1) is 0 Å². The molecule has 0 atom stereocenters. The van der Waals surface area contributed by atoms with E-state index in [-0.39, 0.29) is 28.5 Å². The van der Waals surface area contributed by atoms with Gasteiger partial charge < -0.3 is 29.4 Å². The third-order valence-corrected chi connectivity index (χ3v) is 13.0. The largest absolute Gasteiger partial charge is 0.455 e. The molecule has 0 spiro atoms. The monoisotopic (exact) mass is 869 g/mol. The van der Waals surface area contributed by atoms with Crippen molar-refractivity contribution in [2.24, 2.45) is 5.92 Å². The highest BCUT2D eigenvalue weighted by molar-refractivity contribution is 7.90. The summed E-state index contributed by atoms with van der Waals surface area (Å²) >= 11 is 6.21. The molecule has 5 aromatic rings. The summed E-state index contributed by atoms with van der Waals surface area (Å²) in [5.74, 6) is -0.239. The van der Waals surface area contributed by atoms with Gasteiger partial charge in [0.15, 0.2) is 0 Å². The van der Waals surface area contributed by atoms with E-state index in [0.29, 0.717) is 55.9 Å². The Morgan fingerprint density at radius 1 is 1.03 bits per heavy atom. The van der Waals surface area contributed by atoms with Crippen molar-refractivity contribution in [1.29, 1.82) is 0 Å². The Bertz CT molecular complexity index is 2570. The van der Waals surface area contributed by atoms with Crippen molar-refractivity contribution in [2.75, 3.05) is 69.3 Å². The minimum Gasteiger partial charge on any atom is -0.455 e. The van der Waals surface area contributed by atoms with Crippen LogP contribution in [0.5, 0.6) is 11.5 Å². The van der Waals surface area contributed by atoms with E-state index in [9.17, 15) is 23.3 Å². The predicted molar refractivity (Wildman–Crippen MR) is 234 cm³/mol. The van der Waals surface area contributed by atoms with Crippen LogP contribution in [-0.2, 0) is 19.5 Å². The van der Waals surface area contributed by atoms with Crippen LogP contribution in [0, 0.1) is 16.0 Å². The lowest BCUT2D eigenvalue weighted by Gasteiger charge is -2.39. The summed E-state index contributed by atoms with van der Waals surface area (Å²) in [5.41, 5.74) is 4.57. The van der Waals surface area contributed by atoms with Crippen LogP contribution in [0.25, 0.3) is 16.6 Å². The van der Waals surface area contributed by atoms with Gasteiger partial charge in [0.05, 0.1) is 33.8 Å². The third kappa shape index (κ3) is 10.0. The average Bonchev–Trinajstić information content (AvgIpc) is 3.72. The number of sulfonamides is 1. The number of hydrogen-bond acceptors (Lipinski definition) is 12. The van der Waals surface area contributed by atoms with Gasteiger partial charge in [0.25, 0.3) is 21.6 Å². The van der Waals surface area contributed by atoms with Crippen molar-refractivity contribution in [3.8, 4) is 11.5 Å². The van der Waals surface area contributed by atoms with Crippen LogP contribution in [0.2, 0.25) is 5.02 Å². The standard InChI is InChI=1S/C44H48ClN7O8S/c1-44(2)24-38(30-3-5-33(45)6-4-30)32(28-59-44)27-50-15-17-51(18-16-50)34-7-9-37(41(22-34)60-35-21-31-11-14-46-42(31)48-26-35)43(53)49-61(56,57)36-8-10-39(40(23-36)52(54)55)47-25-29-12-19-58-20-13-29/h3-11,14,21-23,26,29,47H,12-13,15-20,24-25,27-28H2,1-2H3,(H,46,48)(H,49,53). The number of pyridine rings is 1. The van der Waals surface area contributed by atoms with Gasteiger partial charge in [-0.1, -0.05) is 23.7 Å². The first-order valence-electron chi connectivity index (χ1n) is 20.3. The molecule has 3 N–H and O–H groups in total. The fraction of sp³-hybridized carbons (Fsp3) is 0.364. The normalized spacial score (nSPS) is 17.7. The second-order valence-corrected chi connectivity index (χ2v) is 18.4. The second-order valence-electron chi connectivity index (χ2n) is 16.3. The topological polar surface area (TPSA) is 181 Å². The minimum atomic E-state index is -4.56. The van der Waals surface area contributed by atoms with Crippen molar-refractivity contribution in [2.45, 2.75) is 43.6 Å². The Morgan fingerprint density at radius 2 is 1.80 bits per heavy atom. The van der Waals surface area contributed by atoms with Gasteiger partial charge in [-0.3, -0.25) is 19.8 Å². The first kappa shape index (κ1) is 42.2. The summed E-state index contributed by atoms with van der Waals surface area (Å²) < 4.78 is 47.4. The van der Waals surface area contributed by atoms with Gasteiger partial charge in [-0.25, -0.2) is 18.1 Å². The number of aromatic amines is 1.